The summed E-state index contributed by atoms with van der Waals surface area (Å²) in [6.45, 7) is 3.70. The fourth-order valence-electron chi connectivity index (χ4n) is 3.24. The second-order valence-corrected chi connectivity index (χ2v) is 10.8. The Hall–Kier alpha value is -2.57. The van der Waals surface area contributed by atoms with Crippen LogP contribution in [0.15, 0.2) is 60.0 Å². The molecule has 0 amide bonds. The first-order valence-corrected chi connectivity index (χ1v) is 12.7. The van der Waals surface area contributed by atoms with Crippen molar-refractivity contribution in [1.29, 1.82) is 0 Å². The minimum absolute atomic E-state index is 0.0316. The van der Waals surface area contributed by atoms with Gasteiger partial charge in [-0.2, -0.15) is 13.2 Å². The summed E-state index contributed by atoms with van der Waals surface area (Å²) < 4.78 is 96.9. The van der Waals surface area contributed by atoms with Crippen LogP contribution in [-0.4, -0.2) is 34.6 Å². The fraction of sp³-hybridized carbons (Fsp3) is 0.333. The first kappa shape index (κ1) is 25.1. The number of hydrogen-bond acceptors (Lipinski definition) is 6. The number of benzene rings is 2. The summed E-state index contributed by atoms with van der Waals surface area (Å²) in [6, 6.07) is 11.9. The van der Waals surface area contributed by atoms with Gasteiger partial charge >= 0.3 is 5.51 Å². The van der Waals surface area contributed by atoms with Gasteiger partial charge in [0, 0.05) is 4.90 Å². The summed E-state index contributed by atoms with van der Waals surface area (Å²) >= 11 is 0. The third-order valence-electron chi connectivity index (χ3n) is 4.95. The van der Waals surface area contributed by atoms with Gasteiger partial charge in [-0.15, -0.1) is 0 Å². The maximum Gasteiger partial charge on any atom is 0.480 e. The van der Waals surface area contributed by atoms with Crippen LogP contribution in [0.25, 0.3) is 10.2 Å². The van der Waals surface area contributed by atoms with Crippen LogP contribution in [0, 0.1) is 0 Å². The van der Waals surface area contributed by atoms with Crippen LogP contribution >= 0.6 is 0 Å². The van der Waals surface area contributed by atoms with Crippen molar-refractivity contribution >= 4 is 26.1 Å². The van der Waals surface area contributed by atoms with E-state index in [9.17, 15) is 30.0 Å². The molecule has 1 saturated carbocycles. The number of halogens is 3. The van der Waals surface area contributed by atoms with Crippen molar-refractivity contribution in [2.24, 2.45) is 0 Å². The third kappa shape index (κ3) is 6.49. The molecule has 0 unspecified atom stereocenters. The standard InChI is InChI=1S/C21H21F3NO6S2/c1-2-15-3-5-16(6-4-15)30-17-7-9-18(10-8-17)31-19-11-13-20(14-12-19)32(26,27)25-33(28,29)21(22,23)24/h2-6,11-14,17-18H,1,7-10H2/q-1. The average molecular weight is 505 g/mol. The number of ether oxygens (including phenoxy) is 2. The van der Waals surface area contributed by atoms with Crippen LogP contribution in [0.4, 0.5) is 13.2 Å². The summed E-state index contributed by atoms with van der Waals surface area (Å²) in [6.07, 6.45) is 4.50. The molecule has 0 bridgehead atoms. The van der Waals surface area contributed by atoms with Crippen molar-refractivity contribution in [3.63, 3.8) is 0 Å². The molecule has 1 fully saturated rings. The van der Waals surface area contributed by atoms with Crippen LogP contribution in [0.3, 0.4) is 0 Å². The first-order valence-electron chi connectivity index (χ1n) is 9.86. The monoisotopic (exact) mass is 504 g/mol. The highest BCUT2D eigenvalue weighted by Gasteiger charge is 2.40. The number of alkyl halides is 3. The molecule has 2 aromatic carbocycles. The van der Waals surface area contributed by atoms with Gasteiger partial charge in [0.05, 0.1) is 12.2 Å². The minimum Gasteiger partial charge on any atom is -0.490 e. The lowest BCUT2D eigenvalue weighted by Gasteiger charge is -2.29. The molecule has 33 heavy (non-hydrogen) atoms. The molecule has 7 nitrogen and oxygen atoms in total. The quantitative estimate of drug-likeness (QED) is 0.501. The van der Waals surface area contributed by atoms with Crippen molar-refractivity contribution in [1.82, 2.24) is 0 Å². The van der Waals surface area contributed by atoms with E-state index < -0.39 is 30.5 Å². The zero-order chi connectivity index (χ0) is 24.3. The molecule has 0 heterocycles. The molecule has 0 saturated heterocycles. The predicted molar refractivity (Wildman–Crippen MR) is 116 cm³/mol. The highest BCUT2D eigenvalue weighted by molar-refractivity contribution is 8.12. The molecule has 0 aromatic heterocycles. The van der Waals surface area contributed by atoms with Gasteiger partial charge in [0.25, 0.3) is 0 Å². The summed E-state index contributed by atoms with van der Waals surface area (Å²) in [7, 11) is -11.2. The maximum absolute atomic E-state index is 12.4. The average Bonchev–Trinajstić information content (AvgIpc) is 2.74. The lowest BCUT2D eigenvalue weighted by Crippen LogP contribution is -2.30. The van der Waals surface area contributed by atoms with E-state index in [0.29, 0.717) is 18.6 Å². The fourth-order valence-corrected chi connectivity index (χ4v) is 5.44. The molecule has 1 aliphatic rings. The molecule has 0 spiro atoms. The van der Waals surface area contributed by atoms with E-state index in [-0.39, 0.29) is 12.2 Å². The Balaban J connectivity index is 1.53. The van der Waals surface area contributed by atoms with E-state index in [1.165, 1.54) is 12.1 Å². The molecule has 0 atom stereocenters. The summed E-state index contributed by atoms with van der Waals surface area (Å²) in [5.74, 6) is 1.07. The van der Waals surface area contributed by atoms with Crippen molar-refractivity contribution in [3.8, 4) is 11.5 Å². The van der Waals surface area contributed by atoms with Gasteiger partial charge < -0.3 is 13.6 Å². The van der Waals surface area contributed by atoms with Crippen LogP contribution in [-0.2, 0) is 20.0 Å². The first-order chi connectivity index (χ1) is 15.4. The Morgan fingerprint density at radius 1 is 0.818 bits per heavy atom. The van der Waals surface area contributed by atoms with Gasteiger partial charge in [-0.25, -0.2) is 16.8 Å². The molecule has 12 heteroatoms. The SMILES string of the molecule is C=Cc1ccc(OC2CCC(Oc3ccc(S(=O)(=O)[N-]S(=O)(=O)C(F)(F)F)cc3)CC2)cc1. The van der Waals surface area contributed by atoms with E-state index in [1.54, 1.807) is 6.08 Å². The highest BCUT2D eigenvalue weighted by atomic mass is 32.3. The number of sulfonamides is 2. The lowest BCUT2D eigenvalue weighted by atomic mass is 9.95. The zero-order valence-corrected chi connectivity index (χ0v) is 18.9. The van der Waals surface area contributed by atoms with Crippen LogP contribution in [0.2, 0.25) is 0 Å². The topological polar surface area (TPSA) is 101 Å². The lowest BCUT2D eigenvalue weighted by molar-refractivity contribution is -0.0425. The maximum atomic E-state index is 12.4. The summed E-state index contributed by atoms with van der Waals surface area (Å²) in [4.78, 5) is -0.692. The Kier molecular flexibility index (Phi) is 7.39. The normalized spacial score (nSPS) is 19.6. The Bertz CT molecular complexity index is 1170. The van der Waals surface area contributed by atoms with Crippen molar-refractivity contribution in [3.05, 3.63) is 64.8 Å². The predicted octanol–water partition coefficient (Wildman–Crippen LogP) is 5.01. The largest absolute Gasteiger partial charge is 0.490 e. The Labute approximate surface area is 190 Å². The van der Waals surface area contributed by atoms with Gasteiger partial charge in [0.15, 0.2) is 10.0 Å². The van der Waals surface area contributed by atoms with Crippen molar-refractivity contribution in [2.75, 3.05) is 0 Å². The summed E-state index contributed by atoms with van der Waals surface area (Å²) in [5, 5.41) is 0. The van der Waals surface area contributed by atoms with Crippen molar-refractivity contribution in [2.45, 2.75) is 48.3 Å². The molecular weight excluding hydrogens is 483 g/mol. The van der Waals surface area contributed by atoms with Gasteiger partial charge in [0.1, 0.15) is 21.5 Å². The zero-order valence-electron chi connectivity index (χ0n) is 17.2. The Morgan fingerprint density at radius 3 is 1.64 bits per heavy atom. The second kappa shape index (κ2) is 9.74. The molecule has 180 valence electrons. The van der Waals surface area contributed by atoms with Gasteiger partial charge in [0.2, 0.25) is 0 Å². The molecule has 2 aromatic rings. The number of nitrogens with zero attached hydrogens (tertiary/aromatic N) is 1. The van der Waals surface area contributed by atoms with Crippen LogP contribution < -0.4 is 9.47 Å². The molecule has 0 radical (unpaired) electrons. The van der Waals surface area contributed by atoms with Crippen LogP contribution in [0.5, 0.6) is 11.5 Å². The van der Waals surface area contributed by atoms with E-state index >= 15 is 0 Å². The van der Waals surface area contributed by atoms with Crippen molar-refractivity contribution < 1.29 is 39.5 Å². The molecule has 1 aliphatic carbocycles. The number of hydrogen-bond donors (Lipinski definition) is 0. The van der Waals surface area contributed by atoms with E-state index in [0.717, 1.165) is 36.3 Å². The third-order valence-corrected chi connectivity index (χ3v) is 7.98. The molecule has 3 rings (SSSR count). The number of rotatable bonds is 8. The van der Waals surface area contributed by atoms with E-state index in [2.05, 4.69) is 6.58 Å². The van der Waals surface area contributed by atoms with Gasteiger partial charge in [-0.1, -0.05) is 24.8 Å². The molecule has 0 N–H and O–H groups in total. The summed E-state index contributed by atoms with van der Waals surface area (Å²) in [5.41, 5.74) is -4.81. The van der Waals surface area contributed by atoms with Crippen LogP contribution in [0.1, 0.15) is 31.2 Å². The van der Waals surface area contributed by atoms with E-state index in [4.69, 9.17) is 9.47 Å². The minimum atomic E-state index is -6.18. The van der Waals surface area contributed by atoms with E-state index in [1.807, 2.05) is 28.4 Å². The van der Waals surface area contributed by atoms with Gasteiger partial charge in [-0.3, -0.25) is 0 Å². The Morgan fingerprint density at radius 2 is 1.24 bits per heavy atom. The highest BCUT2D eigenvalue weighted by Crippen LogP contribution is 2.33. The second-order valence-electron chi connectivity index (χ2n) is 7.35. The van der Waals surface area contributed by atoms with Gasteiger partial charge in [-0.05, 0) is 67.6 Å². The molecule has 0 aliphatic heterocycles. The smallest absolute Gasteiger partial charge is 0.480 e. The molecular formula is C21H21F3NO6S2-.